The van der Waals surface area contributed by atoms with Crippen LogP contribution in [0.1, 0.15) is 33.4 Å². The third-order valence-corrected chi connectivity index (χ3v) is 12.3. The minimum atomic E-state index is 0.0602. The lowest BCUT2D eigenvalue weighted by Gasteiger charge is -2.27. The van der Waals surface area contributed by atoms with Crippen LogP contribution in [0.15, 0.2) is 152 Å². The van der Waals surface area contributed by atoms with E-state index in [1.807, 2.05) is 0 Å². The van der Waals surface area contributed by atoms with Crippen molar-refractivity contribution in [2.24, 2.45) is 0 Å². The van der Waals surface area contributed by atoms with Crippen molar-refractivity contribution in [3.8, 4) is 11.1 Å². The third-order valence-electron chi connectivity index (χ3n) is 12.3. The van der Waals surface area contributed by atoms with Gasteiger partial charge in [0.25, 0.3) is 0 Å². The summed E-state index contributed by atoms with van der Waals surface area (Å²) in [7, 11) is 0. The van der Waals surface area contributed by atoms with Crippen molar-refractivity contribution in [1.29, 1.82) is 0 Å². The van der Waals surface area contributed by atoms with Crippen LogP contribution in [-0.2, 0) is 0 Å². The number of benzene rings is 10. The van der Waals surface area contributed by atoms with Gasteiger partial charge in [-0.05, 0) is 123 Å². The molecule has 10 aromatic carbocycles. The van der Waals surface area contributed by atoms with E-state index in [9.17, 15) is 0 Å². The highest BCUT2D eigenvalue weighted by Crippen LogP contribution is 2.45. The topological polar surface area (TPSA) is 0 Å². The number of hydrogen-bond acceptors (Lipinski definition) is 0. The van der Waals surface area contributed by atoms with E-state index in [1.165, 1.54) is 126 Å². The third kappa shape index (κ3) is 5.21. The second-order valence-corrected chi connectivity index (χ2v) is 16.0. The SMILES string of the molecule is Cc1cc(C)c(B(c2ccccc2-c2cc3ccc4ccc5ccccc5c4c3c3c2ccc2ccc4ccccc4c23)c2c(C)cc(C)cc2C)c(C)c1. The molecule has 10 rings (SSSR count). The molecular formula is C54H43B. The van der Waals surface area contributed by atoms with Gasteiger partial charge in [0.2, 0.25) is 6.71 Å². The average Bonchev–Trinajstić information content (AvgIpc) is 3.18. The molecule has 0 aromatic heterocycles. The van der Waals surface area contributed by atoms with Crippen LogP contribution in [0.5, 0.6) is 0 Å². The minimum Gasteiger partial charge on any atom is -0.0664 e. The Bertz CT molecular complexity index is 3110. The molecule has 0 unspecified atom stereocenters. The fourth-order valence-electron chi connectivity index (χ4n) is 10.3. The fourth-order valence-corrected chi connectivity index (χ4v) is 10.3. The first-order valence-corrected chi connectivity index (χ1v) is 19.6. The van der Waals surface area contributed by atoms with Crippen molar-refractivity contribution in [3.63, 3.8) is 0 Å². The summed E-state index contributed by atoms with van der Waals surface area (Å²) in [6, 6.07) is 57.7. The van der Waals surface area contributed by atoms with Crippen LogP contribution in [0.4, 0.5) is 0 Å². The van der Waals surface area contributed by atoms with Gasteiger partial charge >= 0.3 is 0 Å². The summed E-state index contributed by atoms with van der Waals surface area (Å²) in [4.78, 5) is 0. The molecular weight excluding hydrogens is 659 g/mol. The van der Waals surface area contributed by atoms with Crippen molar-refractivity contribution in [2.45, 2.75) is 41.5 Å². The molecule has 0 aliphatic heterocycles. The molecule has 1 heteroatoms. The van der Waals surface area contributed by atoms with Crippen LogP contribution < -0.4 is 16.4 Å². The maximum Gasteiger partial charge on any atom is 0.243 e. The maximum atomic E-state index is 2.50. The van der Waals surface area contributed by atoms with Gasteiger partial charge in [0, 0.05) is 0 Å². The van der Waals surface area contributed by atoms with E-state index in [0.29, 0.717) is 0 Å². The Morgan fingerprint density at radius 1 is 0.309 bits per heavy atom. The lowest BCUT2D eigenvalue weighted by molar-refractivity contribution is 1.34. The van der Waals surface area contributed by atoms with E-state index >= 15 is 0 Å². The highest BCUT2D eigenvalue weighted by molar-refractivity contribution is 6.97. The van der Waals surface area contributed by atoms with Gasteiger partial charge in [-0.1, -0.05) is 195 Å². The van der Waals surface area contributed by atoms with Crippen LogP contribution in [0.2, 0.25) is 0 Å². The summed E-state index contributed by atoms with van der Waals surface area (Å²) in [6.45, 7) is 13.7. The zero-order chi connectivity index (χ0) is 37.5. The van der Waals surface area contributed by atoms with Crippen molar-refractivity contribution < 1.29 is 0 Å². The monoisotopic (exact) mass is 702 g/mol. The van der Waals surface area contributed by atoms with Gasteiger partial charge in [-0.3, -0.25) is 0 Å². The van der Waals surface area contributed by atoms with Crippen LogP contribution in [-0.4, -0.2) is 6.71 Å². The molecule has 0 saturated heterocycles. The first-order valence-electron chi connectivity index (χ1n) is 19.6. The van der Waals surface area contributed by atoms with Gasteiger partial charge in [-0.15, -0.1) is 0 Å². The van der Waals surface area contributed by atoms with E-state index < -0.39 is 0 Å². The van der Waals surface area contributed by atoms with Crippen molar-refractivity contribution in [3.05, 3.63) is 185 Å². The second kappa shape index (κ2) is 12.7. The van der Waals surface area contributed by atoms with Gasteiger partial charge in [0.05, 0.1) is 0 Å². The van der Waals surface area contributed by atoms with Crippen LogP contribution in [0.3, 0.4) is 0 Å². The Morgan fingerprint density at radius 3 is 1.31 bits per heavy atom. The Morgan fingerprint density at radius 2 is 0.745 bits per heavy atom. The molecule has 0 fully saturated rings. The Hall–Kier alpha value is -6.18. The molecule has 0 heterocycles. The van der Waals surface area contributed by atoms with Crippen LogP contribution in [0.25, 0.3) is 75.8 Å². The summed E-state index contributed by atoms with van der Waals surface area (Å²) in [6.07, 6.45) is 0. The normalized spacial score (nSPS) is 11.8. The molecule has 0 bridgehead atoms. The van der Waals surface area contributed by atoms with Gasteiger partial charge in [-0.25, -0.2) is 0 Å². The zero-order valence-corrected chi connectivity index (χ0v) is 32.5. The molecule has 0 N–H and O–H groups in total. The van der Waals surface area contributed by atoms with E-state index in [-0.39, 0.29) is 6.71 Å². The quantitative estimate of drug-likeness (QED) is 0.127. The molecule has 0 amide bonds. The van der Waals surface area contributed by atoms with Crippen molar-refractivity contribution in [1.82, 2.24) is 0 Å². The molecule has 0 aliphatic rings. The molecule has 0 aliphatic carbocycles. The predicted octanol–water partition coefficient (Wildman–Crippen LogP) is 12.6. The summed E-state index contributed by atoms with van der Waals surface area (Å²) < 4.78 is 0. The summed E-state index contributed by atoms with van der Waals surface area (Å²) in [5, 5.41) is 15.5. The van der Waals surface area contributed by atoms with Gasteiger partial charge < -0.3 is 0 Å². The first-order chi connectivity index (χ1) is 26.8. The Balaban J connectivity index is 1.40. The van der Waals surface area contributed by atoms with E-state index in [1.54, 1.807) is 0 Å². The first kappa shape index (κ1) is 33.4. The highest BCUT2D eigenvalue weighted by Gasteiger charge is 2.31. The summed E-state index contributed by atoms with van der Waals surface area (Å²) in [5.74, 6) is 0. The van der Waals surface area contributed by atoms with E-state index in [0.717, 1.165) is 0 Å². The molecule has 0 spiro atoms. The maximum absolute atomic E-state index is 2.50. The van der Waals surface area contributed by atoms with Crippen LogP contribution >= 0.6 is 0 Å². The highest BCUT2D eigenvalue weighted by atomic mass is 14.2. The molecule has 262 valence electrons. The second-order valence-electron chi connectivity index (χ2n) is 16.0. The molecule has 0 radical (unpaired) electrons. The summed E-state index contributed by atoms with van der Waals surface area (Å²) in [5.41, 5.74) is 14.7. The minimum absolute atomic E-state index is 0.0602. The van der Waals surface area contributed by atoms with Gasteiger partial charge in [0.1, 0.15) is 0 Å². The summed E-state index contributed by atoms with van der Waals surface area (Å²) >= 11 is 0. The molecule has 0 nitrogen and oxygen atoms in total. The standard InChI is InChI=1S/C54H43B/c1-32-27-34(3)53(35(4)28-32)55(54-36(5)29-33(2)30-37(54)6)48-18-12-11-17-45(48)47-31-42-24-23-40-21-19-38-13-7-9-15-43(38)49(40)51(42)52-46(47)26-25-41-22-20-39-14-8-10-16-44(39)50(41)52/h7-31H,1-6H3. The van der Waals surface area contributed by atoms with Crippen molar-refractivity contribution >= 4 is 87.7 Å². The number of aryl methyl sites for hydroxylation is 6. The molecule has 55 heavy (non-hydrogen) atoms. The number of fused-ring (bicyclic) bond motifs is 11. The average molecular weight is 703 g/mol. The van der Waals surface area contributed by atoms with Gasteiger partial charge in [0.15, 0.2) is 0 Å². The molecule has 10 aromatic rings. The molecule has 0 atom stereocenters. The smallest absolute Gasteiger partial charge is 0.0664 e. The van der Waals surface area contributed by atoms with Crippen LogP contribution in [0, 0.1) is 41.5 Å². The van der Waals surface area contributed by atoms with Gasteiger partial charge in [-0.2, -0.15) is 0 Å². The largest absolute Gasteiger partial charge is 0.243 e. The van der Waals surface area contributed by atoms with E-state index in [4.69, 9.17) is 0 Å². The lowest BCUT2D eigenvalue weighted by Crippen LogP contribution is -2.56. The Kier molecular flexibility index (Phi) is 7.72. The number of hydrogen-bond donors (Lipinski definition) is 0. The predicted molar refractivity (Wildman–Crippen MR) is 243 cm³/mol. The fraction of sp³-hybridized carbons (Fsp3) is 0.111. The number of rotatable bonds is 4. The van der Waals surface area contributed by atoms with E-state index in [2.05, 4.69) is 193 Å². The Labute approximate surface area is 324 Å². The molecule has 0 saturated carbocycles. The lowest BCUT2D eigenvalue weighted by atomic mass is 9.33. The zero-order valence-electron chi connectivity index (χ0n) is 32.5. The van der Waals surface area contributed by atoms with Crippen molar-refractivity contribution in [2.75, 3.05) is 0 Å².